The molecule has 0 aliphatic rings. The predicted octanol–water partition coefficient (Wildman–Crippen LogP) is 3.01. The first-order valence-electron chi connectivity index (χ1n) is 3.99. The van der Waals surface area contributed by atoms with Crippen LogP contribution >= 0.6 is 23.4 Å². The van der Waals surface area contributed by atoms with E-state index in [1.54, 1.807) is 23.9 Å². The molecule has 0 saturated carbocycles. The van der Waals surface area contributed by atoms with E-state index in [1.807, 2.05) is 13.0 Å². The topological polar surface area (TPSA) is 35.2 Å². The maximum atomic E-state index is 5.82. The van der Waals surface area contributed by atoms with Crippen LogP contribution in [0.5, 0.6) is 0 Å². The van der Waals surface area contributed by atoms with Gasteiger partial charge in [-0.15, -0.1) is 0 Å². The van der Waals surface area contributed by atoms with Crippen LogP contribution in [0.2, 0.25) is 5.02 Å². The number of benzene rings is 1. The second kappa shape index (κ2) is 5.37. The smallest absolute Gasteiger partial charge is 0.0967 e. The van der Waals surface area contributed by atoms with Gasteiger partial charge in [0.25, 0.3) is 0 Å². The van der Waals surface area contributed by atoms with Crippen LogP contribution in [0.15, 0.2) is 23.1 Å². The summed E-state index contributed by atoms with van der Waals surface area (Å²) < 4.78 is 5.20. The molecule has 1 aromatic carbocycles. The molecule has 0 saturated heterocycles. The van der Waals surface area contributed by atoms with Crippen molar-refractivity contribution in [1.82, 2.24) is 0 Å². The van der Waals surface area contributed by atoms with Crippen molar-refractivity contribution in [2.75, 3.05) is 18.3 Å². The highest BCUT2D eigenvalue weighted by molar-refractivity contribution is 7.99. The zero-order valence-corrected chi connectivity index (χ0v) is 8.99. The van der Waals surface area contributed by atoms with Crippen LogP contribution in [-0.2, 0) is 4.74 Å². The highest BCUT2D eigenvalue weighted by Gasteiger charge is 2.00. The molecule has 1 rings (SSSR count). The quantitative estimate of drug-likeness (QED) is 0.365. The van der Waals surface area contributed by atoms with Gasteiger partial charge in [-0.05, 0) is 25.1 Å². The zero-order valence-electron chi connectivity index (χ0n) is 7.42. The normalized spacial score (nSPS) is 10.3. The number of thioether (sulfide) groups is 1. The van der Waals surface area contributed by atoms with Crippen LogP contribution in [0.1, 0.15) is 6.92 Å². The fourth-order valence-corrected chi connectivity index (χ4v) is 1.88. The Kier molecular flexibility index (Phi) is 4.42. The monoisotopic (exact) mass is 217 g/mol. The molecule has 0 aliphatic heterocycles. The SMILES string of the molecule is CCOCSc1cc(Cl)ccc1N. The first-order chi connectivity index (χ1) is 6.24. The summed E-state index contributed by atoms with van der Waals surface area (Å²) in [6.45, 7) is 2.68. The Bertz CT molecular complexity index is 280. The van der Waals surface area contributed by atoms with Crippen molar-refractivity contribution < 1.29 is 4.74 Å². The van der Waals surface area contributed by atoms with Crippen LogP contribution in [0.3, 0.4) is 0 Å². The van der Waals surface area contributed by atoms with Crippen molar-refractivity contribution in [2.45, 2.75) is 11.8 Å². The number of nitrogen functional groups attached to an aromatic ring is 1. The lowest BCUT2D eigenvalue weighted by Crippen LogP contribution is -1.92. The van der Waals surface area contributed by atoms with E-state index in [1.165, 1.54) is 0 Å². The third-order valence-corrected chi connectivity index (χ3v) is 2.66. The Morgan fingerprint density at radius 1 is 1.54 bits per heavy atom. The minimum atomic E-state index is 0.612. The molecule has 0 heterocycles. The molecule has 0 fully saturated rings. The van der Waals surface area contributed by atoms with Gasteiger partial charge >= 0.3 is 0 Å². The third-order valence-electron chi connectivity index (χ3n) is 1.48. The number of nitrogens with two attached hydrogens (primary N) is 1. The van der Waals surface area contributed by atoms with Crippen molar-refractivity contribution in [2.24, 2.45) is 0 Å². The van der Waals surface area contributed by atoms with Gasteiger partial charge in [0, 0.05) is 22.2 Å². The van der Waals surface area contributed by atoms with E-state index in [0.29, 0.717) is 17.6 Å². The lowest BCUT2D eigenvalue weighted by molar-refractivity contribution is 0.199. The molecule has 2 N–H and O–H groups in total. The molecule has 0 aliphatic carbocycles. The van der Waals surface area contributed by atoms with E-state index in [0.717, 1.165) is 10.6 Å². The molecule has 0 bridgehead atoms. The lowest BCUT2D eigenvalue weighted by atomic mass is 10.3. The Hall–Kier alpha value is -0.380. The summed E-state index contributed by atoms with van der Waals surface area (Å²) in [7, 11) is 0. The molecule has 0 atom stereocenters. The second-order valence-electron chi connectivity index (χ2n) is 2.44. The third kappa shape index (κ3) is 3.46. The summed E-state index contributed by atoms with van der Waals surface area (Å²) in [6, 6.07) is 5.43. The van der Waals surface area contributed by atoms with Gasteiger partial charge in [0.1, 0.15) is 0 Å². The van der Waals surface area contributed by atoms with Crippen LogP contribution in [0.25, 0.3) is 0 Å². The first kappa shape index (κ1) is 10.7. The first-order valence-corrected chi connectivity index (χ1v) is 5.36. The van der Waals surface area contributed by atoms with Gasteiger partial charge < -0.3 is 10.5 Å². The summed E-state index contributed by atoms with van der Waals surface area (Å²) in [5.41, 5.74) is 6.48. The van der Waals surface area contributed by atoms with Gasteiger partial charge in [-0.3, -0.25) is 0 Å². The summed E-state index contributed by atoms with van der Waals surface area (Å²) in [6.07, 6.45) is 0. The summed E-state index contributed by atoms with van der Waals surface area (Å²) in [5, 5.41) is 0.702. The minimum Gasteiger partial charge on any atom is -0.398 e. The van der Waals surface area contributed by atoms with Crippen LogP contribution in [0.4, 0.5) is 5.69 Å². The molecule has 2 nitrogen and oxygen atoms in total. The van der Waals surface area contributed by atoms with E-state index in [-0.39, 0.29) is 0 Å². The Balaban J connectivity index is 2.59. The lowest BCUT2D eigenvalue weighted by Gasteiger charge is -2.05. The minimum absolute atomic E-state index is 0.612. The number of anilines is 1. The Morgan fingerprint density at radius 3 is 3.00 bits per heavy atom. The van der Waals surface area contributed by atoms with Gasteiger partial charge in [-0.25, -0.2) is 0 Å². The fourth-order valence-electron chi connectivity index (χ4n) is 0.822. The highest BCUT2D eigenvalue weighted by atomic mass is 35.5. The van der Waals surface area contributed by atoms with Crippen LogP contribution < -0.4 is 5.73 Å². The number of halogens is 1. The summed E-state index contributed by atoms with van der Waals surface area (Å²) in [5.74, 6) is 0.612. The van der Waals surface area contributed by atoms with Gasteiger partial charge in [0.05, 0.1) is 5.94 Å². The van der Waals surface area contributed by atoms with Crippen molar-refractivity contribution >= 4 is 29.1 Å². The maximum absolute atomic E-state index is 5.82. The number of hydrogen-bond donors (Lipinski definition) is 1. The standard InChI is InChI=1S/C9H12ClNOS/c1-2-12-6-13-9-5-7(10)3-4-8(9)11/h3-5H,2,6,11H2,1H3. The number of ether oxygens (including phenoxy) is 1. The van der Waals surface area contributed by atoms with Crippen LogP contribution in [-0.4, -0.2) is 12.5 Å². The van der Waals surface area contributed by atoms with Gasteiger partial charge in [-0.1, -0.05) is 23.4 Å². The van der Waals surface area contributed by atoms with Gasteiger partial charge in [0.2, 0.25) is 0 Å². The Morgan fingerprint density at radius 2 is 2.31 bits per heavy atom. The van der Waals surface area contributed by atoms with E-state index in [4.69, 9.17) is 22.1 Å². The Labute approximate surface area is 87.4 Å². The average Bonchev–Trinajstić information content (AvgIpc) is 2.11. The van der Waals surface area contributed by atoms with E-state index in [2.05, 4.69) is 0 Å². The van der Waals surface area contributed by atoms with Crippen molar-refractivity contribution in [1.29, 1.82) is 0 Å². The van der Waals surface area contributed by atoms with Crippen molar-refractivity contribution in [3.05, 3.63) is 23.2 Å². The molecule has 13 heavy (non-hydrogen) atoms. The van der Waals surface area contributed by atoms with Gasteiger partial charge in [0.15, 0.2) is 0 Å². The molecule has 4 heteroatoms. The second-order valence-corrected chi connectivity index (χ2v) is 3.84. The number of hydrogen-bond acceptors (Lipinski definition) is 3. The molecule has 0 amide bonds. The molecule has 0 radical (unpaired) electrons. The number of rotatable bonds is 4. The molecule has 0 unspecified atom stereocenters. The van der Waals surface area contributed by atoms with E-state index >= 15 is 0 Å². The molecular weight excluding hydrogens is 206 g/mol. The van der Waals surface area contributed by atoms with E-state index < -0.39 is 0 Å². The highest BCUT2D eigenvalue weighted by Crippen LogP contribution is 2.27. The molecule has 1 aromatic rings. The maximum Gasteiger partial charge on any atom is 0.0967 e. The summed E-state index contributed by atoms with van der Waals surface area (Å²) >= 11 is 7.37. The zero-order chi connectivity index (χ0) is 9.68. The van der Waals surface area contributed by atoms with Crippen LogP contribution in [0, 0.1) is 0 Å². The van der Waals surface area contributed by atoms with Crippen molar-refractivity contribution in [3.8, 4) is 0 Å². The molecular formula is C9H12ClNOS. The largest absolute Gasteiger partial charge is 0.398 e. The molecule has 0 spiro atoms. The average molecular weight is 218 g/mol. The van der Waals surface area contributed by atoms with Crippen molar-refractivity contribution in [3.63, 3.8) is 0 Å². The summed E-state index contributed by atoms with van der Waals surface area (Å²) in [4.78, 5) is 0.973. The fraction of sp³-hybridized carbons (Fsp3) is 0.333. The predicted molar refractivity (Wildman–Crippen MR) is 58.2 cm³/mol. The van der Waals surface area contributed by atoms with Gasteiger partial charge in [-0.2, -0.15) is 0 Å². The molecule has 72 valence electrons. The molecule has 0 aromatic heterocycles. The van der Waals surface area contributed by atoms with E-state index in [9.17, 15) is 0 Å².